The van der Waals surface area contributed by atoms with Gasteiger partial charge in [0.05, 0.1) is 12.6 Å². The Hall–Kier alpha value is -1.56. The lowest BCUT2D eigenvalue weighted by atomic mass is 10.2. The maximum atomic E-state index is 12.3. The number of nitrogens with zero attached hydrogens (tertiary/aromatic N) is 1. The second-order valence-electron chi connectivity index (χ2n) is 8.45. The molecule has 0 saturated carbocycles. The minimum absolute atomic E-state index is 0.189. The number of carbonyl (C=O) groups excluding carboxylic acids is 2. The molecule has 0 unspecified atom stereocenters. The molecule has 1 saturated heterocycles. The Morgan fingerprint density at radius 3 is 2.17 bits per heavy atom. The Labute approximate surface area is 145 Å². The Kier molecular flexibility index (Phi) is 6.09. The first-order valence-electron chi connectivity index (χ1n) is 8.27. The van der Waals surface area contributed by atoms with Crippen LogP contribution >= 0.6 is 0 Å². The quantitative estimate of drug-likeness (QED) is 0.579. The zero-order chi connectivity index (χ0) is 18.8. The van der Waals surface area contributed by atoms with E-state index in [9.17, 15) is 9.59 Å². The van der Waals surface area contributed by atoms with Crippen molar-refractivity contribution in [2.24, 2.45) is 0 Å². The van der Waals surface area contributed by atoms with Crippen molar-refractivity contribution in [2.45, 2.75) is 84.8 Å². The highest BCUT2D eigenvalue weighted by Crippen LogP contribution is 2.30. The lowest BCUT2D eigenvalue weighted by Crippen LogP contribution is -2.46. The molecule has 0 radical (unpaired) electrons. The molecule has 24 heavy (non-hydrogen) atoms. The van der Waals surface area contributed by atoms with Crippen LogP contribution in [-0.4, -0.2) is 46.5 Å². The SMILES string of the molecule is CC(C)(C)OC(=O)/C=C/C[C@@H]1CN(C(=O)OC(C)(C)C)C(C)(C)O1. The normalized spacial score (nSPS) is 21.2. The number of rotatable bonds is 3. The monoisotopic (exact) mass is 341 g/mol. The molecule has 1 aliphatic heterocycles. The molecule has 1 rings (SSSR count). The van der Waals surface area contributed by atoms with Gasteiger partial charge in [-0.3, -0.25) is 4.90 Å². The zero-order valence-corrected chi connectivity index (χ0v) is 16.1. The van der Waals surface area contributed by atoms with Crippen molar-refractivity contribution in [3.8, 4) is 0 Å². The summed E-state index contributed by atoms with van der Waals surface area (Å²) in [6.45, 7) is 15.0. The summed E-state index contributed by atoms with van der Waals surface area (Å²) in [5.74, 6) is -0.385. The summed E-state index contributed by atoms with van der Waals surface area (Å²) < 4.78 is 16.5. The van der Waals surface area contributed by atoms with Crippen molar-refractivity contribution in [2.75, 3.05) is 6.54 Å². The number of hydrogen-bond acceptors (Lipinski definition) is 5. The van der Waals surface area contributed by atoms with Crippen LogP contribution in [0.3, 0.4) is 0 Å². The van der Waals surface area contributed by atoms with E-state index in [1.807, 2.05) is 55.4 Å². The Balaban J connectivity index is 2.59. The fourth-order valence-corrected chi connectivity index (χ4v) is 2.32. The van der Waals surface area contributed by atoms with Crippen LogP contribution in [0.1, 0.15) is 61.8 Å². The van der Waals surface area contributed by atoms with Gasteiger partial charge in [-0.2, -0.15) is 0 Å². The van der Waals surface area contributed by atoms with Gasteiger partial charge in [0.25, 0.3) is 0 Å². The molecule has 1 heterocycles. The third-order valence-corrected chi connectivity index (χ3v) is 3.16. The predicted octanol–water partition coefficient (Wildman–Crippen LogP) is 3.65. The van der Waals surface area contributed by atoms with Gasteiger partial charge in [-0.05, 0) is 61.8 Å². The zero-order valence-electron chi connectivity index (χ0n) is 16.1. The molecule has 0 spiro atoms. The standard InChI is InChI=1S/C18H31NO5/c1-16(2,3)23-14(20)11-9-10-13-12-19(18(7,8)22-13)15(21)24-17(4,5)6/h9,11,13H,10,12H2,1-8H3/b11-9+/t13-/m1/s1. The fourth-order valence-electron chi connectivity index (χ4n) is 2.32. The van der Waals surface area contributed by atoms with Gasteiger partial charge in [0.15, 0.2) is 0 Å². The van der Waals surface area contributed by atoms with Gasteiger partial charge in [-0.15, -0.1) is 0 Å². The second-order valence-corrected chi connectivity index (χ2v) is 8.45. The van der Waals surface area contributed by atoms with Gasteiger partial charge in [-0.1, -0.05) is 6.08 Å². The molecule has 1 fully saturated rings. The molecule has 1 aliphatic rings. The lowest BCUT2D eigenvalue weighted by molar-refractivity contribution is -0.148. The molecule has 0 aromatic rings. The molecule has 1 amide bonds. The molecule has 6 heteroatoms. The minimum atomic E-state index is -0.743. The van der Waals surface area contributed by atoms with Crippen LogP contribution in [0.2, 0.25) is 0 Å². The Morgan fingerprint density at radius 1 is 1.12 bits per heavy atom. The summed E-state index contributed by atoms with van der Waals surface area (Å²) in [6.07, 6.45) is 3.05. The molecule has 0 bridgehead atoms. The van der Waals surface area contributed by atoms with E-state index in [0.29, 0.717) is 13.0 Å². The van der Waals surface area contributed by atoms with E-state index < -0.39 is 23.0 Å². The number of amides is 1. The molecule has 0 aromatic heterocycles. The van der Waals surface area contributed by atoms with E-state index in [2.05, 4.69) is 0 Å². The van der Waals surface area contributed by atoms with Crippen LogP contribution < -0.4 is 0 Å². The highest BCUT2D eigenvalue weighted by Gasteiger charge is 2.43. The summed E-state index contributed by atoms with van der Waals surface area (Å²) in [4.78, 5) is 25.5. The van der Waals surface area contributed by atoms with Crippen molar-refractivity contribution in [1.82, 2.24) is 4.90 Å². The van der Waals surface area contributed by atoms with Crippen LogP contribution in [0.5, 0.6) is 0 Å². The largest absolute Gasteiger partial charge is 0.457 e. The Bertz CT molecular complexity index is 497. The molecular formula is C18H31NO5. The van der Waals surface area contributed by atoms with E-state index in [1.54, 1.807) is 11.0 Å². The van der Waals surface area contributed by atoms with Gasteiger partial charge in [0.2, 0.25) is 0 Å². The molecule has 0 N–H and O–H groups in total. The van der Waals surface area contributed by atoms with Crippen molar-refractivity contribution in [3.05, 3.63) is 12.2 Å². The number of ether oxygens (including phenoxy) is 3. The molecule has 0 aliphatic carbocycles. The van der Waals surface area contributed by atoms with Crippen LogP contribution in [0, 0.1) is 0 Å². The molecule has 0 aromatic carbocycles. The predicted molar refractivity (Wildman–Crippen MR) is 91.5 cm³/mol. The highest BCUT2D eigenvalue weighted by atomic mass is 16.6. The van der Waals surface area contributed by atoms with Gasteiger partial charge >= 0.3 is 12.1 Å². The topological polar surface area (TPSA) is 65.1 Å². The fraction of sp³-hybridized carbons (Fsp3) is 0.778. The van der Waals surface area contributed by atoms with Crippen molar-refractivity contribution >= 4 is 12.1 Å². The minimum Gasteiger partial charge on any atom is -0.457 e. The summed E-state index contributed by atoms with van der Waals surface area (Å²) in [7, 11) is 0. The summed E-state index contributed by atoms with van der Waals surface area (Å²) in [5.41, 5.74) is -1.81. The Morgan fingerprint density at radius 2 is 1.67 bits per heavy atom. The third kappa shape index (κ3) is 6.91. The van der Waals surface area contributed by atoms with Gasteiger partial charge in [0.1, 0.15) is 16.9 Å². The maximum absolute atomic E-state index is 12.3. The van der Waals surface area contributed by atoms with Gasteiger partial charge in [-0.25, -0.2) is 9.59 Å². The number of esters is 1. The van der Waals surface area contributed by atoms with Crippen LogP contribution in [0.15, 0.2) is 12.2 Å². The van der Waals surface area contributed by atoms with E-state index in [-0.39, 0.29) is 12.1 Å². The first kappa shape index (κ1) is 20.5. The summed E-state index contributed by atoms with van der Waals surface area (Å²) in [6, 6.07) is 0. The van der Waals surface area contributed by atoms with Crippen LogP contribution in [-0.2, 0) is 19.0 Å². The average Bonchev–Trinajstić information content (AvgIpc) is 2.59. The van der Waals surface area contributed by atoms with E-state index in [4.69, 9.17) is 14.2 Å². The third-order valence-electron chi connectivity index (χ3n) is 3.16. The lowest BCUT2D eigenvalue weighted by Gasteiger charge is -2.31. The van der Waals surface area contributed by atoms with Crippen LogP contribution in [0.4, 0.5) is 4.79 Å². The summed E-state index contributed by atoms with van der Waals surface area (Å²) >= 11 is 0. The highest BCUT2D eigenvalue weighted by molar-refractivity contribution is 5.82. The summed E-state index contributed by atoms with van der Waals surface area (Å²) in [5, 5.41) is 0. The molecule has 138 valence electrons. The molecule has 6 nitrogen and oxygen atoms in total. The van der Waals surface area contributed by atoms with E-state index in [0.717, 1.165) is 0 Å². The second kappa shape index (κ2) is 7.13. The molecular weight excluding hydrogens is 310 g/mol. The van der Waals surface area contributed by atoms with Crippen molar-refractivity contribution in [1.29, 1.82) is 0 Å². The van der Waals surface area contributed by atoms with Gasteiger partial charge < -0.3 is 14.2 Å². The van der Waals surface area contributed by atoms with Gasteiger partial charge in [0, 0.05) is 6.08 Å². The first-order valence-corrected chi connectivity index (χ1v) is 8.27. The van der Waals surface area contributed by atoms with E-state index in [1.165, 1.54) is 6.08 Å². The average molecular weight is 341 g/mol. The molecule has 1 atom stereocenters. The maximum Gasteiger partial charge on any atom is 0.412 e. The smallest absolute Gasteiger partial charge is 0.412 e. The van der Waals surface area contributed by atoms with E-state index >= 15 is 0 Å². The first-order chi connectivity index (χ1) is 10.7. The number of carbonyl (C=O) groups is 2. The number of hydrogen-bond donors (Lipinski definition) is 0. The van der Waals surface area contributed by atoms with Crippen molar-refractivity contribution in [3.63, 3.8) is 0 Å². The van der Waals surface area contributed by atoms with Crippen molar-refractivity contribution < 1.29 is 23.8 Å². The van der Waals surface area contributed by atoms with Crippen LogP contribution in [0.25, 0.3) is 0 Å².